The number of carbonyl (C=O) groups excluding carboxylic acids is 1. The van der Waals surface area contributed by atoms with Gasteiger partial charge in [-0.25, -0.2) is 0 Å². The average Bonchev–Trinajstić information content (AvgIpc) is 2.79. The number of aryl methyl sites for hydroxylation is 1. The van der Waals surface area contributed by atoms with Crippen molar-refractivity contribution in [3.8, 4) is 0 Å². The summed E-state index contributed by atoms with van der Waals surface area (Å²) in [6.07, 6.45) is 2.68. The SMILES string of the molecule is O=C(CCc1ccco1)Nc1cccc(I)c1. The minimum absolute atomic E-state index is 0.00315. The van der Waals surface area contributed by atoms with Crippen LogP contribution in [0.3, 0.4) is 0 Å². The zero-order valence-corrected chi connectivity index (χ0v) is 11.3. The molecule has 1 amide bonds. The third-order valence-electron chi connectivity index (χ3n) is 2.29. The minimum atomic E-state index is 0.00315. The highest BCUT2D eigenvalue weighted by Crippen LogP contribution is 2.13. The first-order valence-corrected chi connectivity index (χ1v) is 6.40. The number of halogens is 1. The predicted octanol–water partition coefficient (Wildman–Crippen LogP) is 3.46. The van der Waals surface area contributed by atoms with Crippen molar-refractivity contribution in [1.29, 1.82) is 0 Å². The molecule has 4 heteroatoms. The predicted molar refractivity (Wildman–Crippen MR) is 74.8 cm³/mol. The van der Waals surface area contributed by atoms with Crippen molar-refractivity contribution in [3.63, 3.8) is 0 Å². The van der Waals surface area contributed by atoms with Gasteiger partial charge in [-0.05, 0) is 52.9 Å². The molecule has 0 saturated carbocycles. The van der Waals surface area contributed by atoms with Crippen molar-refractivity contribution in [1.82, 2.24) is 0 Å². The van der Waals surface area contributed by atoms with Crippen molar-refractivity contribution >= 4 is 34.2 Å². The molecular formula is C13H12INO2. The summed E-state index contributed by atoms with van der Waals surface area (Å²) in [7, 11) is 0. The highest BCUT2D eigenvalue weighted by molar-refractivity contribution is 14.1. The Morgan fingerprint density at radius 3 is 2.88 bits per heavy atom. The van der Waals surface area contributed by atoms with Crippen LogP contribution in [0.4, 0.5) is 5.69 Å². The second kappa shape index (κ2) is 5.86. The van der Waals surface area contributed by atoms with Gasteiger partial charge in [0.05, 0.1) is 6.26 Å². The number of carbonyl (C=O) groups is 1. The van der Waals surface area contributed by atoms with Gasteiger partial charge in [-0.1, -0.05) is 6.07 Å². The van der Waals surface area contributed by atoms with Crippen molar-refractivity contribution in [2.45, 2.75) is 12.8 Å². The number of anilines is 1. The van der Waals surface area contributed by atoms with Crippen LogP contribution in [0.25, 0.3) is 0 Å². The molecule has 1 aromatic carbocycles. The molecule has 0 bridgehead atoms. The van der Waals surface area contributed by atoms with Gasteiger partial charge in [0, 0.05) is 22.1 Å². The number of amides is 1. The molecule has 0 spiro atoms. The molecule has 1 aromatic heterocycles. The molecule has 0 unspecified atom stereocenters. The lowest BCUT2D eigenvalue weighted by Gasteiger charge is -2.04. The van der Waals surface area contributed by atoms with Gasteiger partial charge in [-0.15, -0.1) is 0 Å². The standard InChI is InChI=1S/C13H12INO2/c14-10-3-1-4-11(9-10)15-13(16)7-6-12-5-2-8-17-12/h1-5,8-9H,6-7H2,(H,15,16). The van der Waals surface area contributed by atoms with E-state index in [0.29, 0.717) is 12.8 Å². The Morgan fingerprint density at radius 1 is 1.29 bits per heavy atom. The van der Waals surface area contributed by atoms with E-state index < -0.39 is 0 Å². The molecule has 1 heterocycles. The summed E-state index contributed by atoms with van der Waals surface area (Å²) in [4.78, 5) is 11.7. The summed E-state index contributed by atoms with van der Waals surface area (Å²) < 4.78 is 6.28. The molecule has 0 fully saturated rings. The summed E-state index contributed by atoms with van der Waals surface area (Å²) in [6, 6.07) is 11.4. The van der Waals surface area contributed by atoms with E-state index in [9.17, 15) is 4.79 Å². The van der Waals surface area contributed by atoms with Crippen LogP contribution in [0.15, 0.2) is 47.1 Å². The van der Waals surface area contributed by atoms with Crippen molar-refractivity contribution in [3.05, 3.63) is 52.0 Å². The molecule has 0 aliphatic heterocycles. The summed E-state index contributed by atoms with van der Waals surface area (Å²) in [5, 5.41) is 2.86. The van der Waals surface area contributed by atoms with Gasteiger partial charge in [0.15, 0.2) is 0 Å². The Labute approximate surface area is 113 Å². The van der Waals surface area contributed by atoms with E-state index in [-0.39, 0.29) is 5.91 Å². The van der Waals surface area contributed by atoms with Gasteiger partial charge in [-0.2, -0.15) is 0 Å². The Hall–Kier alpha value is -1.30. The van der Waals surface area contributed by atoms with E-state index in [0.717, 1.165) is 15.0 Å². The first-order valence-electron chi connectivity index (χ1n) is 5.32. The van der Waals surface area contributed by atoms with E-state index in [1.165, 1.54) is 0 Å². The van der Waals surface area contributed by atoms with Gasteiger partial charge in [-0.3, -0.25) is 4.79 Å². The topological polar surface area (TPSA) is 42.2 Å². The molecule has 0 radical (unpaired) electrons. The molecule has 3 nitrogen and oxygen atoms in total. The molecule has 0 aliphatic rings. The first kappa shape index (κ1) is 12.2. The van der Waals surface area contributed by atoms with Crippen LogP contribution in [0.2, 0.25) is 0 Å². The number of benzene rings is 1. The maximum Gasteiger partial charge on any atom is 0.224 e. The van der Waals surface area contributed by atoms with E-state index >= 15 is 0 Å². The molecule has 0 saturated heterocycles. The molecule has 2 rings (SSSR count). The lowest BCUT2D eigenvalue weighted by molar-refractivity contribution is -0.116. The number of nitrogens with one attached hydrogen (secondary N) is 1. The van der Waals surface area contributed by atoms with E-state index in [4.69, 9.17) is 4.42 Å². The second-order valence-electron chi connectivity index (χ2n) is 3.64. The maximum atomic E-state index is 11.7. The molecule has 0 atom stereocenters. The Kier molecular flexibility index (Phi) is 4.19. The fraction of sp³-hybridized carbons (Fsp3) is 0.154. The normalized spacial score (nSPS) is 10.2. The maximum absolute atomic E-state index is 11.7. The van der Waals surface area contributed by atoms with Crippen LogP contribution < -0.4 is 5.32 Å². The first-order chi connectivity index (χ1) is 8.24. The van der Waals surface area contributed by atoms with Gasteiger partial charge >= 0.3 is 0 Å². The fourth-order valence-electron chi connectivity index (χ4n) is 1.48. The van der Waals surface area contributed by atoms with E-state index in [1.807, 2.05) is 36.4 Å². The Morgan fingerprint density at radius 2 is 2.18 bits per heavy atom. The summed E-state index contributed by atoms with van der Waals surface area (Å²) >= 11 is 2.22. The molecular weight excluding hydrogens is 329 g/mol. The van der Waals surface area contributed by atoms with Gasteiger partial charge in [0.2, 0.25) is 5.91 Å². The van der Waals surface area contributed by atoms with E-state index in [1.54, 1.807) is 6.26 Å². The number of furan rings is 1. The lowest BCUT2D eigenvalue weighted by Crippen LogP contribution is -2.12. The summed E-state index contributed by atoms with van der Waals surface area (Å²) in [6.45, 7) is 0. The van der Waals surface area contributed by atoms with Crippen LogP contribution in [0, 0.1) is 3.57 Å². The lowest BCUT2D eigenvalue weighted by atomic mass is 10.2. The van der Waals surface area contributed by atoms with Crippen molar-refractivity contribution < 1.29 is 9.21 Å². The molecule has 2 aromatic rings. The van der Waals surface area contributed by atoms with Crippen LogP contribution in [0.1, 0.15) is 12.2 Å². The van der Waals surface area contributed by atoms with Crippen molar-refractivity contribution in [2.75, 3.05) is 5.32 Å². The largest absolute Gasteiger partial charge is 0.469 e. The highest BCUT2D eigenvalue weighted by atomic mass is 127. The highest BCUT2D eigenvalue weighted by Gasteiger charge is 2.04. The van der Waals surface area contributed by atoms with E-state index in [2.05, 4.69) is 27.9 Å². The van der Waals surface area contributed by atoms with Crippen LogP contribution >= 0.6 is 22.6 Å². The van der Waals surface area contributed by atoms with Crippen LogP contribution in [-0.4, -0.2) is 5.91 Å². The Balaban J connectivity index is 1.85. The zero-order chi connectivity index (χ0) is 12.1. The Bertz CT molecular complexity index is 494. The van der Waals surface area contributed by atoms with Gasteiger partial charge in [0.25, 0.3) is 0 Å². The summed E-state index contributed by atoms with van der Waals surface area (Å²) in [5.74, 6) is 0.839. The second-order valence-corrected chi connectivity index (χ2v) is 4.88. The van der Waals surface area contributed by atoms with Gasteiger partial charge < -0.3 is 9.73 Å². The molecule has 17 heavy (non-hydrogen) atoms. The summed E-state index contributed by atoms with van der Waals surface area (Å²) in [5.41, 5.74) is 0.835. The third-order valence-corrected chi connectivity index (χ3v) is 2.96. The zero-order valence-electron chi connectivity index (χ0n) is 9.15. The monoisotopic (exact) mass is 341 g/mol. The number of rotatable bonds is 4. The molecule has 1 N–H and O–H groups in total. The number of hydrogen-bond donors (Lipinski definition) is 1. The molecule has 0 aliphatic carbocycles. The van der Waals surface area contributed by atoms with Crippen LogP contribution in [0.5, 0.6) is 0 Å². The quantitative estimate of drug-likeness (QED) is 0.866. The third kappa shape index (κ3) is 3.89. The van der Waals surface area contributed by atoms with Gasteiger partial charge in [0.1, 0.15) is 5.76 Å². The van der Waals surface area contributed by atoms with Crippen molar-refractivity contribution in [2.24, 2.45) is 0 Å². The smallest absolute Gasteiger partial charge is 0.224 e. The average molecular weight is 341 g/mol. The van der Waals surface area contributed by atoms with Crippen LogP contribution in [-0.2, 0) is 11.2 Å². The minimum Gasteiger partial charge on any atom is -0.469 e. The number of hydrogen-bond acceptors (Lipinski definition) is 2. The fourth-order valence-corrected chi connectivity index (χ4v) is 2.02. The molecule has 88 valence electrons.